The molecule has 26 heavy (non-hydrogen) atoms. The average Bonchev–Trinajstić information content (AvgIpc) is 2.87. The predicted molar refractivity (Wildman–Crippen MR) is 74.6 cm³/mol. The molecule has 6 atom stereocenters. The highest BCUT2D eigenvalue weighted by Crippen LogP contribution is 2.61. The molecule has 4 rings (SSSR count). The number of esters is 1. The first-order chi connectivity index (χ1) is 11.9. The van der Waals surface area contributed by atoms with Crippen LogP contribution < -0.4 is 0 Å². The molecule has 0 aromatic heterocycles. The minimum atomic E-state index is -5.95. The van der Waals surface area contributed by atoms with E-state index in [0.29, 0.717) is 19.3 Å². The molecule has 0 aromatic carbocycles. The summed E-state index contributed by atoms with van der Waals surface area (Å²) >= 11 is 0. The molecule has 2 aliphatic heterocycles. The molecule has 10 nitrogen and oxygen atoms in total. The molecule has 2 saturated carbocycles. The van der Waals surface area contributed by atoms with Crippen LogP contribution in [0.15, 0.2) is 0 Å². The summed E-state index contributed by atoms with van der Waals surface area (Å²) in [4.78, 5) is 11.1. The first-order valence-corrected chi connectivity index (χ1v) is 10.6. The Morgan fingerprint density at radius 2 is 2.04 bits per heavy atom. The maximum Gasteiger partial charge on any atom is 0.465 e. The van der Waals surface area contributed by atoms with Gasteiger partial charge in [-0.25, -0.2) is 8.98 Å². The highest BCUT2D eigenvalue weighted by molar-refractivity contribution is 7.88. The van der Waals surface area contributed by atoms with E-state index in [0.717, 1.165) is 0 Å². The number of epoxide rings is 1. The Balaban J connectivity index is 1.34. The molecule has 1 N–H and O–H groups in total. The lowest BCUT2D eigenvalue weighted by Gasteiger charge is -2.28. The SMILES string of the molecule is O=C(OCC1OC1OC12CC3CC1C(C3)S(=O)(=O)O2)C(F)(F)S(=O)(=O)O. The summed E-state index contributed by atoms with van der Waals surface area (Å²) < 4.78 is 99.3. The van der Waals surface area contributed by atoms with Crippen molar-refractivity contribution in [2.45, 2.75) is 47.9 Å². The lowest BCUT2D eigenvalue weighted by atomic mass is 9.94. The van der Waals surface area contributed by atoms with Crippen molar-refractivity contribution in [3.63, 3.8) is 0 Å². The van der Waals surface area contributed by atoms with Gasteiger partial charge >= 0.3 is 21.3 Å². The van der Waals surface area contributed by atoms with Gasteiger partial charge in [0, 0.05) is 12.3 Å². The molecule has 14 heteroatoms. The maximum absolute atomic E-state index is 13.1. The van der Waals surface area contributed by atoms with E-state index in [4.69, 9.17) is 18.2 Å². The minimum absolute atomic E-state index is 0.144. The van der Waals surface area contributed by atoms with Crippen molar-refractivity contribution < 1.29 is 53.4 Å². The highest BCUT2D eigenvalue weighted by atomic mass is 32.2. The molecule has 6 unspecified atom stereocenters. The highest BCUT2D eigenvalue weighted by Gasteiger charge is 2.70. The summed E-state index contributed by atoms with van der Waals surface area (Å²) in [7, 11) is -9.70. The van der Waals surface area contributed by atoms with E-state index in [1.54, 1.807) is 0 Å². The second-order valence-corrected chi connectivity index (χ2v) is 10.0. The summed E-state index contributed by atoms with van der Waals surface area (Å²) in [5.41, 5.74) is 0. The van der Waals surface area contributed by atoms with Crippen molar-refractivity contribution in [3.05, 3.63) is 0 Å². The molecular formula is C12H14F2O10S2. The molecule has 2 aliphatic carbocycles. The summed E-state index contributed by atoms with van der Waals surface area (Å²) in [5, 5.41) is -5.73. The van der Waals surface area contributed by atoms with Crippen LogP contribution in [0.3, 0.4) is 0 Å². The van der Waals surface area contributed by atoms with E-state index in [-0.39, 0.29) is 11.8 Å². The summed E-state index contributed by atoms with van der Waals surface area (Å²) in [5.74, 6) is -4.00. The zero-order valence-electron chi connectivity index (χ0n) is 12.9. The standard InChI is InChI=1S/C12H14F2O10S2/c13-12(14,26(18,19)20)10(15)21-4-7-9(22-7)23-11-3-5-1-6(11)8(2-5)25(16,17)24-11/h5-9H,1-4H2,(H,18,19,20). The van der Waals surface area contributed by atoms with Crippen LogP contribution in [0.5, 0.6) is 0 Å². The normalized spacial score (nSPS) is 42.8. The third-order valence-corrected chi connectivity index (χ3v) is 7.75. The van der Waals surface area contributed by atoms with E-state index in [1.165, 1.54) is 0 Å². The third-order valence-electron chi connectivity index (χ3n) is 5.16. The molecule has 0 amide bonds. The van der Waals surface area contributed by atoms with Crippen LogP contribution in [-0.2, 0) is 43.4 Å². The molecule has 0 radical (unpaired) electrons. The predicted octanol–water partition coefficient (Wildman–Crippen LogP) is -0.393. The summed E-state index contributed by atoms with van der Waals surface area (Å²) in [6.07, 6.45) is -0.502. The zero-order chi connectivity index (χ0) is 19.1. The number of alkyl halides is 2. The molecule has 0 aromatic rings. The number of halogens is 2. The van der Waals surface area contributed by atoms with Crippen molar-refractivity contribution in [2.24, 2.45) is 11.8 Å². The van der Waals surface area contributed by atoms with E-state index in [9.17, 15) is 30.4 Å². The first-order valence-electron chi connectivity index (χ1n) is 7.65. The van der Waals surface area contributed by atoms with Crippen molar-refractivity contribution >= 4 is 26.2 Å². The van der Waals surface area contributed by atoms with Crippen LogP contribution in [0.2, 0.25) is 0 Å². The van der Waals surface area contributed by atoms with Crippen LogP contribution in [-0.4, -0.2) is 62.7 Å². The molecular weight excluding hydrogens is 406 g/mol. The number of fused-ring (bicyclic) bond motifs is 1. The number of ether oxygens (including phenoxy) is 3. The molecule has 2 heterocycles. The zero-order valence-corrected chi connectivity index (χ0v) is 14.5. The molecule has 2 bridgehead atoms. The third kappa shape index (κ3) is 2.65. The fourth-order valence-corrected chi connectivity index (χ4v) is 6.25. The Kier molecular flexibility index (Phi) is 3.77. The van der Waals surface area contributed by atoms with E-state index >= 15 is 0 Å². The van der Waals surface area contributed by atoms with E-state index < -0.39 is 61.5 Å². The number of hydrogen-bond donors (Lipinski definition) is 1. The van der Waals surface area contributed by atoms with Crippen molar-refractivity contribution in [3.8, 4) is 0 Å². The smallest absolute Gasteiger partial charge is 0.457 e. The fourth-order valence-electron chi connectivity index (χ4n) is 4.00. The Morgan fingerprint density at radius 1 is 1.35 bits per heavy atom. The summed E-state index contributed by atoms with van der Waals surface area (Å²) in [6.45, 7) is -0.755. The first kappa shape index (κ1) is 18.4. The van der Waals surface area contributed by atoms with Crippen molar-refractivity contribution in [1.29, 1.82) is 0 Å². The molecule has 4 aliphatic rings. The number of rotatable bonds is 6. The van der Waals surface area contributed by atoms with Gasteiger partial charge in [0.05, 0.1) is 5.25 Å². The molecule has 2 saturated heterocycles. The van der Waals surface area contributed by atoms with Gasteiger partial charge in [0.1, 0.15) is 12.7 Å². The Morgan fingerprint density at radius 3 is 2.65 bits per heavy atom. The topological polar surface area (TPSA) is 146 Å². The number of carbonyl (C=O) groups excluding carboxylic acids is 1. The van der Waals surface area contributed by atoms with E-state index in [1.807, 2.05) is 0 Å². The van der Waals surface area contributed by atoms with Gasteiger partial charge in [0.15, 0.2) is 12.1 Å². The van der Waals surface area contributed by atoms with Crippen LogP contribution in [0.4, 0.5) is 8.78 Å². The Labute approximate surface area is 146 Å². The molecule has 148 valence electrons. The Bertz CT molecular complexity index is 855. The molecule has 4 fully saturated rings. The molecule has 0 spiro atoms. The minimum Gasteiger partial charge on any atom is -0.457 e. The van der Waals surface area contributed by atoms with Gasteiger partial charge in [0.2, 0.25) is 0 Å². The van der Waals surface area contributed by atoms with Gasteiger partial charge in [-0.15, -0.1) is 0 Å². The number of carbonyl (C=O) groups is 1. The lowest BCUT2D eigenvalue weighted by Crippen LogP contribution is -2.40. The Hall–Kier alpha value is -0.930. The largest absolute Gasteiger partial charge is 0.465 e. The number of hydrogen-bond acceptors (Lipinski definition) is 9. The van der Waals surface area contributed by atoms with Crippen LogP contribution in [0.25, 0.3) is 0 Å². The van der Waals surface area contributed by atoms with E-state index in [2.05, 4.69) is 4.74 Å². The van der Waals surface area contributed by atoms with Crippen molar-refractivity contribution in [1.82, 2.24) is 0 Å². The summed E-state index contributed by atoms with van der Waals surface area (Å²) in [6, 6.07) is 0. The lowest BCUT2D eigenvalue weighted by molar-refractivity contribution is -0.218. The van der Waals surface area contributed by atoms with Crippen LogP contribution in [0.1, 0.15) is 19.3 Å². The monoisotopic (exact) mass is 420 g/mol. The average molecular weight is 420 g/mol. The quantitative estimate of drug-likeness (QED) is 0.261. The fraction of sp³-hybridized carbons (Fsp3) is 0.917. The van der Waals surface area contributed by atoms with Crippen LogP contribution >= 0.6 is 0 Å². The van der Waals surface area contributed by atoms with Gasteiger partial charge in [-0.1, -0.05) is 0 Å². The maximum atomic E-state index is 13.1. The van der Waals surface area contributed by atoms with Gasteiger partial charge in [0.25, 0.3) is 10.1 Å². The second kappa shape index (κ2) is 5.32. The van der Waals surface area contributed by atoms with Gasteiger partial charge in [-0.3, -0.25) is 4.55 Å². The van der Waals surface area contributed by atoms with Gasteiger partial charge in [-0.05, 0) is 18.8 Å². The second-order valence-electron chi connectivity index (χ2n) is 6.83. The van der Waals surface area contributed by atoms with Gasteiger partial charge < -0.3 is 14.2 Å². The van der Waals surface area contributed by atoms with Gasteiger partial charge in [-0.2, -0.15) is 25.6 Å². The van der Waals surface area contributed by atoms with Crippen LogP contribution in [0, 0.1) is 11.8 Å². The van der Waals surface area contributed by atoms with Crippen molar-refractivity contribution in [2.75, 3.05) is 6.61 Å².